The monoisotopic (exact) mass is 2860 g/mol. The predicted molar refractivity (Wildman–Crippen MR) is 130 cm³/mol. The maximum absolute atomic E-state index is 0. The van der Waals surface area contributed by atoms with Gasteiger partial charge in [-0.05, 0) is 0 Å². The van der Waals surface area contributed by atoms with Gasteiger partial charge >= 0.3 is 0 Å². The first kappa shape index (κ1) is 3410. The summed E-state index contributed by atoms with van der Waals surface area (Å²) < 4.78 is 0. The van der Waals surface area contributed by atoms with Crippen molar-refractivity contribution in [2.45, 2.75) is 0 Å². The molecule has 0 bridgehead atoms. The van der Waals surface area contributed by atoms with Gasteiger partial charge in [0.2, 0.25) is 0 Å². The van der Waals surface area contributed by atoms with Crippen molar-refractivity contribution >= 4 is 0 Å². The van der Waals surface area contributed by atoms with Crippen molar-refractivity contribution in [3.8, 4) is 0 Å². The van der Waals surface area contributed by atoms with Crippen molar-refractivity contribution in [2.75, 3.05) is 0 Å². The zero-order valence-electron chi connectivity index (χ0n) is 22.9. The molecule has 0 saturated carbocycles. The number of hydrogen-bond acceptors (Lipinski definition) is 0. The fourth-order valence-electron chi connectivity index (χ4n) is 0. The van der Waals surface area contributed by atoms with Crippen molar-refractivity contribution in [3.05, 3.63) is 0 Å². The predicted octanol–water partition coefficient (Wildman–Crippen LogP) is -29.7. The van der Waals surface area contributed by atoms with E-state index in [1.54, 1.807) is 0 Å². The van der Waals surface area contributed by atoms with Crippen molar-refractivity contribution in [3.63, 3.8) is 0 Å². The van der Waals surface area contributed by atoms with Gasteiger partial charge in [0.25, 0.3) is 0 Å². The third kappa shape index (κ3) is 3050. The van der Waals surface area contributed by atoms with Gasteiger partial charge in [-0.3, -0.25) is 0 Å². The first-order valence-corrected chi connectivity index (χ1v) is 0. The molecule has 0 aliphatic heterocycles. The van der Waals surface area contributed by atoms with Gasteiger partial charge in [-0.2, -0.15) is 0 Å². The molecule has 0 radical (unpaired) electrons. The molecular weight excluding hydrogens is 2780 g/mol. The molecule has 48 heavy (non-hydrogen) atoms. The average Bonchev–Trinajstić information content (AvgIpc) is 0. The Bertz CT molecular complexity index is 38.9. The van der Waals surface area contributed by atoms with E-state index in [0.717, 1.165) is 0 Å². The third-order valence-corrected chi connectivity index (χ3v) is 0. The summed E-state index contributed by atoms with van der Waals surface area (Å²) in [4.78, 5) is 0. The van der Waals surface area contributed by atoms with E-state index in [-0.39, 0.29) is 450 Å². The van der Waals surface area contributed by atoms with Crippen LogP contribution in [0.4, 0.5) is 0 Å². The molecule has 0 rings (SSSR count). The van der Waals surface area contributed by atoms with Gasteiger partial charge < -0.3 is 197 Å². The van der Waals surface area contributed by atoms with Gasteiger partial charge in [0, 0.05) is 253 Å². The molecule has 0 saturated heterocycles. The van der Waals surface area contributed by atoms with Crippen LogP contribution >= 0.6 is 0 Å². The zero-order valence-corrected chi connectivity index (χ0v) is 58.1. The Balaban J connectivity index is 0. The molecule has 0 aromatic heterocycles. The van der Waals surface area contributed by atoms with Crippen LogP contribution in [0.15, 0.2) is 0 Å². The minimum atomic E-state index is 0. The molecule has 36 nitrogen and oxygen atoms in total. The molecule has 0 fully saturated rings. The van der Waals surface area contributed by atoms with E-state index in [1.807, 2.05) is 0 Å². The smallest absolute Gasteiger partial charge is 0 e. The van der Waals surface area contributed by atoms with Crippen LogP contribution in [-0.4, -0.2) is 197 Å². The quantitative estimate of drug-likeness (QED) is 0.218. The van der Waals surface area contributed by atoms with E-state index in [9.17, 15) is 0 Å². The van der Waals surface area contributed by atoms with Crippen LogP contribution < -0.4 is 0 Å². The van der Waals surface area contributed by atoms with Crippen molar-refractivity contribution in [2.24, 2.45) is 0 Å². The van der Waals surface area contributed by atoms with Crippen molar-refractivity contribution < 1.29 is 450 Å². The van der Waals surface area contributed by atoms with Crippen molar-refractivity contribution in [1.82, 2.24) is 0 Å². The van der Waals surface area contributed by atoms with Crippen LogP contribution in [0.5, 0.6) is 0 Å². The molecule has 0 aromatic carbocycles. The summed E-state index contributed by atoms with van der Waals surface area (Å²) in [6.45, 7) is 0. The molecule has 0 spiro atoms. The molecule has 0 aliphatic rings. The van der Waals surface area contributed by atoms with E-state index < -0.39 is 0 Å². The van der Waals surface area contributed by atoms with Crippen LogP contribution in [-0.2, 0) is 253 Å². The van der Waals surface area contributed by atoms with Crippen LogP contribution in [0.25, 0.3) is 0 Å². The largest absolute Gasteiger partial charge is 0.412 e. The molecule has 72 N–H and O–H groups in total. The van der Waals surface area contributed by atoms with Crippen LogP contribution in [0.1, 0.15) is 0 Å². The van der Waals surface area contributed by atoms with E-state index >= 15 is 0 Å². The maximum Gasteiger partial charge on any atom is 0 e. The van der Waals surface area contributed by atoms with Gasteiger partial charge in [-0.25, -0.2) is 0 Å². The fraction of sp³-hybridized carbons (Fsp3) is 0. The fourth-order valence-corrected chi connectivity index (χ4v) is 0. The van der Waals surface area contributed by atoms with Gasteiger partial charge in [0.05, 0.1) is 0 Å². The minimum absolute atomic E-state index is 0. The summed E-state index contributed by atoms with van der Waals surface area (Å²) in [5, 5.41) is 0. The van der Waals surface area contributed by atoms with Gasteiger partial charge in [0.1, 0.15) is 0 Å². The Morgan fingerprint density at radius 3 is 0.0417 bits per heavy atom. The molecule has 0 aliphatic carbocycles. The third-order valence-electron chi connectivity index (χ3n) is 0. The van der Waals surface area contributed by atoms with Crippen LogP contribution in [0, 0.1) is 0 Å². The SMILES string of the molecule is O.O.O.O.O.O.O.O.O.O.O.O.O.O.O.O.O.O.O.O.O.O.O.O.O.O.O.O.O.O.O.O.O.O.O.O.[W].[W].[W].[W].[W].[W].[W].[W].[W].[W].[W].[W]. The second-order valence-electron chi connectivity index (χ2n) is 0. The summed E-state index contributed by atoms with van der Waals surface area (Å²) in [5.41, 5.74) is 0. The second-order valence-corrected chi connectivity index (χ2v) is 0. The molecule has 0 aromatic rings. The van der Waals surface area contributed by atoms with Gasteiger partial charge in [-0.1, -0.05) is 0 Å². The minimum Gasteiger partial charge on any atom is -0.412 e. The molecule has 0 heterocycles. The first-order chi connectivity index (χ1) is 0. The first-order valence-electron chi connectivity index (χ1n) is 0. The second kappa shape index (κ2) is 3230. The van der Waals surface area contributed by atoms with Crippen molar-refractivity contribution in [1.29, 1.82) is 0 Å². The molecule has 0 amide bonds. The standard InChI is InChI=1S/36H2O.12W/h36*1H2;;;;;;;;;;;;. The molecule has 48 heteroatoms. The summed E-state index contributed by atoms with van der Waals surface area (Å²) in [6, 6.07) is 0. The molecule has 0 unspecified atom stereocenters. The summed E-state index contributed by atoms with van der Waals surface area (Å²) in [6.07, 6.45) is 0. The Kier molecular flexibility index (Phi) is 230000. The van der Waals surface area contributed by atoms with Crippen LogP contribution in [0.3, 0.4) is 0 Å². The van der Waals surface area contributed by atoms with E-state index in [4.69, 9.17) is 0 Å². The Morgan fingerprint density at radius 1 is 0.0417 bits per heavy atom. The average molecular weight is 2850 g/mol. The van der Waals surface area contributed by atoms with Gasteiger partial charge in [0.15, 0.2) is 0 Å². The molecule has 0 atom stereocenters. The number of rotatable bonds is 0. The Morgan fingerprint density at radius 2 is 0.0417 bits per heavy atom. The zero-order chi connectivity index (χ0) is 0. The van der Waals surface area contributed by atoms with Crippen LogP contribution in [0.2, 0.25) is 0 Å². The summed E-state index contributed by atoms with van der Waals surface area (Å²) >= 11 is 0. The summed E-state index contributed by atoms with van der Waals surface area (Å²) in [5.74, 6) is 0. The maximum atomic E-state index is 0. The Labute approximate surface area is 443 Å². The molecular formula is H72O36W12. The summed E-state index contributed by atoms with van der Waals surface area (Å²) in [7, 11) is 0. The topological polar surface area (TPSA) is 1130 Å². The number of hydrogen-bond donors (Lipinski definition) is 0. The van der Waals surface area contributed by atoms with E-state index in [2.05, 4.69) is 0 Å². The Hall–Kier alpha value is 6.82. The van der Waals surface area contributed by atoms with Gasteiger partial charge in [-0.15, -0.1) is 0 Å². The van der Waals surface area contributed by atoms with E-state index in [0.29, 0.717) is 0 Å². The molecule has 360 valence electrons. The normalized spacial score (nSPS) is 0. The van der Waals surface area contributed by atoms with E-state index in [1.165, 1.54) is 0 Å².